The number of hydrogen-bond acceptors (Lipinski definition) is 2. The van der Waals surface area contributed by atoms with Crippen molar-refractivity contribution in [1.82, 2.24) is 0 Å². The molecule has 0 heterocycles. The van der Waals surface area contributed by atoms with E-state index in [-0.39, 0.29) is 16.2 Å². The Morgan fingerprint density at radius 3 is 2.64 bits per heavy atom. The van der Waals surface area contributed by atoms with E-state index >= 15 is 0 Å². The van der Waals surface area contributed by atoms with Gasteiger partial charge in [-0.15, -0.1) is 0 Å². The van der Waals surface area contributed by atoms with Gasteiger partial charge in [0.1, 0.15) is 17.5 Å². The van der Waals surface area contributed by atoms with Crippen molar-refractivity contribution < 1.29 is 9.18 Å². The Kier molecular flexibility index (Phi) is 4.92. The van der Waals surface area contributed by atoms with E-state index in [1.54, 1.807) is 18.2 Å². The molecular weight excluding hydrogens is 303 g/mol. The molecule has 0 aliphatic rings. The van der Waals surface area contributed by atoms with Crippen LogP contribution in [0, 0.1) is 24.1 Å². The van der Waals surface area contributed by atoms with Gasteiger partial charge in [-0.3, -0.25) is 4.79 Å². The van der Waals surface area contributed by atoms with E-state index in [0.717, 1.165) is 11.6 Å². The minimum Gasteiger partial charge on any atom is -0.321 e. The van der Waals surface area contributed by atoms with Gasteiger partial charge in [-0.1, -0.05) is 35.9 Å². The molecular formula is C17H12ClFN2O. The second-order valence-electron chi connectivity index (χ2n) is 4.57. The van der Waals surface area contributed by atoms with Crippen molar-refractivity contribution >= 4 is 29.3 Å². The Bertz CT molecular complexity index is 773. The van der Waals surface area contributed by atoms with Crippen LogP contribution in [0.5, 0.6) is 0 Å². The van der Waals surface area contributed by atoms with E-state index in [1.165, 1.54) is 18.2 Å². The van der Waals surface area contributed by atoms with Crippen LogP contribution in [0.1, 0.15) is 11.1 Å². The van der Waals surface area contributed by atoms with Crippen LogP contribution in [0.4, 0.5) is 10.1 Å². The summed E-state index contributed by atoms with van der Waals surface area (Å²) in [6.45, 7) is 1.83. The molecule has 0 aliphatic heterocycles. The number of aryl methyl sites for hydroxylation is 1. The molecule has 1 N–H and O–H groups in total. The summed E-state index contributed by atoms with van der Waals surface area (Å²) >= 11 is 5.89. The Hall–Kier alpha value is -2.64. The van der Waals surface area contributed by atoms with Gasteiger partial charge in [0.05, 0.1) is 5.02 Å². The number of carbonyl (C=O) groups excluding carboxylic acids is 1. The van der Waals surface area contributed by atoms with Crippen molar-refractivity contribution in [1.29, 1.82) is 5.26 Å². The number of hydrogen-bond donors (Lipinski definition) is 1. The van der Waals surface area contributed by atoms with E-state index in [1.807, 2.05) is 19.1 Å². The third-order valence-corrected chi connectivity index (χ3v) is 3.38. The molecule has 110 valence electrons. The summed E-state index contributed by atoms with van der Waals surface area (Å²) in [5.41, 5.74) is 1.24. The zero-order valence-corrected chi connectivity index (χ0v) is 12.5. The number of amides is 1. The molecule has 2 rings (SSSR count). The van der Waals surface area contributed by atoms with Crippen molar-refractivity contribution in [2.45, 2.75) is 6.92 Å². The molecule has 0 aromatic heterocycles. The quantitative estimate of drug-likeness (QED) is 0.677. The van der Waals surface area contributed by atoms with Crippen LogP contribution in [0.25, 0.3) is 6.08 Å². The molecule has 0 saturated heterocycles. The topological polar surface area (TPSA) is 52.9 Å². The predicted octanol–water partition coefficient (Wildman–Crippen LogP) is 4.33. The van der Waals surface area contributed by atoms with Crippen LogP contribution in [0.2, 0.25) is 5.02 Å². The Morgan fingerprint density at radius 1 is 1.27 bits per heavy atom. The molecule has 0 bridgehead atoms. The first-order chi connectivity index (χ1) is 10.5. The van der Waals surface area contributed by atoms with Crippen molar-refractivity contribution in [2.24, 2.45) is 0 Å². The van der Waals surface area contributed by atoms with Crippen LogP contribution in [0.3, 0.4) is 0 Å². The number of para-hydroxylation sites is 1. The van der Waals surface area contributed by atoms with Gasteiger partial charge in [-0.05, 0) is 36.8 Å². The van der Waals surface area contributed by atoms with Crippen LogP contribution >= 0.6 is 11.6 Å². The van der Waals surface area contributed by atoms with E-state index in [9.17, 15) is 9.18 Å². The predicted molar refractivity (Wildman–Crippen MR) is 84.8 cm³/mol. The smallest absolute Gasteiger partial charge is 0.266 e. The van der Waals surface area contributed by atoms with Crippen LogP contribution in [-0.2, 0) is 4.79 Å². The van der Waals surface area contributed by atoms with Gasteiger partial charge in [0.25, 0.3) is 5.91 Å². The SMILES string of the molecule is Cc1ccccc1NC(=O)/C(C#N)=C/c1c(F)cccc1Cl. The van der Waals surface area contributed by atoms with Gasteiger partial charge in [-0.25, -0.2) is 4.39 Å². The first-order valence-corrected chi connectivity index (χ1v) is 6.83. The van der Waals surface area contributed by atoms with Crippen molar-refractivity contribution in [2.75, 3.05) is 5.32 Å². The summed E-state index contributed by atoms with van der Waals surface area (Å²) in [7, 11) is 0. The summed E-state index contributed by atoms with van der Waals surface area (Å²) in [5.74, 6) is -1.21. The van der Waals surface area contributed by atoms with Crippen molar-refractivity contribution in [3.8, 4) is 6.07 Å². The third-order valence-electron chi connectivity index (χ3n) is 3.05. The zero-order chi connectivity index (χ0) is 16.1. The highest BCUT2D eigenvalue weighted by Gasteiger charge is 2.13. The highest BCUT2D eigenvalue weighted by Crippen LogP contribution is 2.22. The fraction of sp³-hybridized carbons (Fsp3) is 0.0588. The first kappa shape index (κ1) is 15.7. The number of nitrogens with one attached hydrogen (secondary N) is 1. The van der Waals surface area contributed by atoms with Gasteiger partial charge in [0, 0.05) is 11.3 Å². The van der Waals surface area contributed by atoms with Crippen LogP contribution in [-0.4, -0.2) is 5.91 Å². The van der Waals surface area contributed by atoms with Gasteiger partial charge in [-0.2, -0.15) is 5.26 Å². The van der Waals surface area contributed by atoms with Crippen LogP contribution in [0.15, 0.2) is 48.0 Å². The molecule has 0 saturated carbocycles. The summed E-state index contributed by atoms with van der Waals surface area (Å²) in [6, 6.07) is 13.1. The monoisotopic (exact) mass is 314 g/mol. The Morgan fingerprint density at radius 2 is 2.00 bits per heavy atom. The van der Waals surface area contributed by atoms with Gasteiger partial charge < -0.3 is 5.32 Å². The molecule has 5 heteroatoms. The molecule has 0 atom stereocenters. The normalized spacial score (nSPS) is 10.9. The van der Waals surface area contributed by atoms with Gasteiger partial charge in [0.15, 0.2) is 0 Å². The number of nitriles is 1. The summed E-state index contributed by atoms with van der Waals surface area (Å²) in [6.07, 6.45) is 1.14. The molecule has 3 nitrogen and oxygen atoms in total. The second-order valence-corrected chi connectivity index (χ2v) is 4.98. The summed E-state index contributed by atoms with van der Waals surface area (Å²) < 4.78 is 13.7. The highest BCUT2D eigenvalue weighted by atomic mass is 35.5. The minimum absolute atomic E-state index is 0.0145. The lowest BCUT2D eigenvalue weighted by atomic mass is 10.1. The first-order valence-electron chi connectivity index (χ1n) is 6.45. The number of anilines is 1. The lowest BCUT2D eigenvalue weighted by Gasteiger charge is -2.07. The second kappa shape index (κ2) is 6.88. The van der Waals surface area contributed by atoms with E-state index < -0.39 is 11.7 Å². The summed E-state index contributed by atoms with van der Waals surface area (Å²) in [5, 5.41) is 11.9. The largest absolute Gasteiger partial charge is 0.321 e. The number of carbonyl (C=O) groups is 1. The molecule has 0 fully saturated rings. The Labute approximate surface area is 132 Å². The molecule has 2 aromatic carbocycles. The van der Waals surface area contributed by atoms with E-state index in [2.05, 4.69) is 5.32 Å². The molecule has 0 aliphatic carbocycles. The number of rotatable bonds is 3. The maximum atomic E-state index is 13.7. The fourth-order valence-electron chi connectivity index (χ4n) is 1.84. The third kappa shape index (κ3) is 3.51. The lowest BCUT2D eigenvalue weighted by molar-refractivity contribution is -0.112. The van der Waals surface area contributed by atoms with Crippen molar-refractivity contribution in [3.05, 3.63) is 70.0 Å². The minimum atomic E-state index is -0.615. The van der Waals surface area contributed by atoms with E-state index in [0.29, 0.717) is 5.69 Å². The number of benzene rings is 2. The standard InChI is InChI=1S/C17H12ClFN2O/c1-11-5-2-3-8-16(11)21-17(22)12(10-20)9-13-14(18)6-4-7-15(13)19/h2-9H,1H3,(H,21,22)/b12-9+. The molecule has 0 unspecified atom stereocenters. The average Bonchev–Trinajstić information content (AvgIpc) is 2.49. The molecule has 1 amide bonds. The van der Waals surface area contributed by atoms with Crippen LogP contribution < -0.4 is 5.32 Å². The zero-order valence-electron chi connectivity index (χ0n) is 11.7. The lowest BCUT2D eigenvalue weighted by Crippen LogP contribution is -2.14. The number of nitrogens with zero attached hydrogens (tertiary/aromatic N) is 1. The molecule has 0 spiro atoms. The van der Waals surface area contributed by atoms with Crippen molar-refractivity contribution in [3.63, 3.8) is 0 Å². The maximum absolute atomic E-state index is 13.7. The molecule has 2 aromatic rings. The Balaban J connectivity index is 2.33. The maximum Gasteiger partial charge on any atom is 0.266 e. The van der Waals surface area contributed by atoms with Gasteiger partial charge >= 0.3 is 0 Å². The highest BCUT2D eigenvalue weighted by molar-refractivity contribution is 6.32. The molecule has 0 radical (unpaired) electrons. The average molecular weight is 315 g/mol. The fourth-order valence-corrected chi connectivity index (χ4v) is 2.06. The number of halogens is 2. The summed E-state index contributed by atoms with van der Waals surface area (Å²) in [4.78, 5) is 12.2. The molecule has 22 heavy (non-hydrogen) atoms. The van der Waals surface area contributed by atoms with Gasteiger partial charge in [0.2, 0.25) is 0 Å². The van der Waals surface area contributed by atoms with E-state index in [4.69, 9.17) is 16.9 Å².